The highest BCUT2D eigenvalue weighted by molar-refractivity contribution is 7.96. The molecule has 0 saturated heterocycles. The summed E-state index contributed by atoms with van der Waals surface area (Å²) in [5.41, 5.74) is 0.0647. The van der Waals surface area contributed by atoms with Crippen LogP contribution in [0.4, 0.5) is 5.69 Å². The molecule has 2 unspecified atom stereocenters. The molecule has 0 heterocycles. The number of hydrogen-bond donors (Lipinski definition) is 2. The average Bonchev–Trinajstić information content (AvgIpc) is 2.50. The number of allylic oxidation sites excluding steroid dienone is 8. The van der Waals surface area contributed by atoms with Gasteiger partial charge in [0.25, 0.3) is 10.0 Å². The largest absolute Gasteiger partial charge is 0.506 e. The molecule has 2 aliphatic carbocycles. The fourth-order valence-corrected chi connectivity index (χ4v) is 4.14. The van der Waals surface area contributed by atoms with Crippen molar-refractivity contribution in [3.05, 3.63) is 70.7 Å². The number of phenolic OH excluding ortho intramolecular Hbond substituents is 1. The quantitative estimate of drug-likeness (QED) is 0.829. The molecule has 1 aromatic carbocycles. The van der Waals surface area contributed by atoms with Crippen LogP contribution in [0.25, 0.3) is 0 Å². The predicted molar refractivity (Wildman–Crippen MR) is 88.1 cm³/mol. The van der Waals surface area contributed by atoms with Gasteiger partial charge >= 0.3 is 0 Å². The van der Waals surface area contributed by atoms with Gasteiger partial charge in [0.1, 0.15) is 5.75 Å². The van der Waals surface area contributed by atoms with Crippen molar-refractivity contribution in [2.24, 2.45) is 11.8 Å². The standard InChI is InChI=1S/C16H14ClNO3S/c17-12-8-9-15(19)14(10-12)18-22(20,21)16-7-3-5-11-4-1-2-6-13(11)16/h1-11,13,18-19H. The number of rotatable bonds is 3. The molecule has 114 valence electrons. The molecular formula is C16H14ClNO3S. The molecule has 3 rings (SSSR count). The molecule has 1 aromatic rings. The number of anilines is 1. The zero-order chi connectivity index (χ0) is 15.7. The zero-order valence-electron chi connectivity index (χ0n) is 11.5. The topological polar surface area (TPSA) is 66.4 Å². The van der Waals surface area contributed by atoms with E-state index in [2.05, 4.69) is 4.72 Å². The normalized spacial score (nSPS) is 23.0. The van der Waals surface area contributed by atoms with E-state index >= 15 is 0 Å². The number of aromatic hydroxyl groups is 1. The van der Waals surface area contributed by atoms with E-state index < -0.39 is 10.0 Å². The molecule has 0 aromatic heterocycles. The summed E-state index contributed by atoms with van der Waals surface area (Å²) in [6.07, 6.45) is 12.8. The molecule has 2 N–H and O–H groups in total. The molecule has 0 fully saturated rings. The van der Waals surface area contributed by atoms with Crippen molar-refractivity contribution in [2.75, 3.05) is 4.72 Å². The van der Waals surface area contributed by atoms with Crippen LogP contribution in [0.1, 0.15) is 0 Å². The molecule has 2 aliphatic rings. The summed E-state index contributed by atoms with van der Waals surface area (Å²) < 4.78 is 27.7. The van der Waals surface area contributed by atoms with Crippen molar-refractivity contribution in [3.8, 4) is 5.75 Å². The van der Waals surface area contributed by atoms with E-state index in [1.807, 2.05) is 30.4 Å². The second-order valence-electron chi connectivity index (χ2n) is 5.09. The van der Waals surface area contributed by atoms with Crippen molar-refractivity contribution in [1.29, 1.82) is 0 Å². The van der Waals surface area contributed by atoms with Gasteiger partial charge in [0, 0.05) is 16.9 Å². The van der Waals surface area contributed by atoms with Gasteiger partial charge in [0.05, 0.1) is 10.6 Å². The van der Waals surface area contributed by atoms with Crippen LogP contribution in [0.3, 0.4) is 0 Å². The summed E-state index contributed by atoms with van der Waals surface area (Å²) in [5, 5.41) is 10.1. The smallest absolute Gasteiger partial charge is 0.258 e. The number of halogens is 1. The van der Waals surface area contributed by atoms with Gasteiger partial charge in [-0.1, -0.05) is 48.1 Å². The fourth-order valence-electron chi connectivity index (χ4n) is 2.54. The Morgan fingerprint density at radius 1 is 1.09 bits per heavy atom. The van der Waals surface area contributed by atoms with E-state index in [1.54, 1.807) is 12.2 Å². The van der Waals surface area contributed by atoms with E-state index in [-0.39, 0.29) is 28.2 Å². The molecule has 22 heavy (non-hydrogen) atoms. The SMILES string of the molecule is O=S(=O)(Nc1cc(Cl)ccc1O)C1=CC=CC2C=CC=CC12. The fraction of sp³-hybridized carbons (Fsp3) is 0.125. The minimum atomic E-state index is -3.79. The number of phenols is 1. The van der Waals surface area contributed by atoms with Gasteiger partial charge in [-0.05, 0) is 24.3 Å². The molecule has 0 amide bonds. The van der Waals surface area contributed by atoms with Crippen molar-refractivity contribution >= 4 is 27.3 Å². The van der Waals surface area contributed by atoms with E-state index in [0.29, 0.717) is 5.02 Å². The lowest BCUT2D eigenvalue weighted by atomic mass is 9.85. The molecule has 0 aliphatic heterocycles. The van der Waals surface area contributed by atoms with Crippen molar-refractivity contribution in [2.45, 2.75) is 0 Å². The van der Waals surface area contributed by atoms with Crippen molar-refractivity contribution in [3.63, 3.8) is 0 Å². The first-order chi connectivity index (χ1) is 10.5. The lowest BCUT2D eigenvalue weighted by molar-refractivity contribution is 0.477. The first kappa shape index (κ1) is 14.9. The molecule has 0 saturated carbocycles. The summed E-state index contributed by atoms with van der Waals surface area (Å²) >= 11 is 5.85. The summed E-state index contributed by atoms with van der Waals surface area (Å²) in [6, 6.07) is 4.21. The lowest BCUT2D eigenvalue weighted by Gasteiger charge is -2.26. The Kier molecular flexibility index (Phi) is 3.85. The third-order valence-electron chi connectivity index (χ3n) is 3.61. The third-order valence-corrected chi connectivity index (χ3v) is 5.37. The van der Waals surface area contributed by atoms with E-state index in [4.69, 9.17) is 11.6 Å². The highest BCUT2D eigenvalue weighted by atomic mass is 35.5. The summed E-state index contributed by atoms with van der Waals surface area (Å²) in [5.74, 6) is -0.390. The lowest BCUT2D eigenvalue weighted by Crippen LogP contribution is -2.25. The summed E-state index contributed by atoms with van der Waals surface area (Å²) in [6.45, 7) is 0. The molecule has 4 nitrogen and oxygen atoms in total. The Bertz CT molecular complexity index is 822. The molecule has 0 spiro atoms. The van der Waals surface area contributed by atoms with Gasteiger partial charge in [-0.2, -0.15) is 0 Å². The Balaban J connectivity index is 1.94. The van der Waals surface area contributed by atoms with Crippen LogP contribution < -0.4 is 4.72 Å². The van der Waals surface area contributed by atoms with Crippen molar-refractivity contribution < 1.29 is 13.5 Å². The van der Waals surface area contributed by atoms with Crippen LogP contribution in [0.5, 0.6) is 5.75 Å². The number of benzene rings is 1. The third kappa shape index (κ3) is 2.82. The maximum atomic E-state index is 12.6. The second kappa shape index (κ2) is 5.66. The van der Waals surface area contributed by atoms with Gasteiger partial charge in [-0.3, -0.25) is 4.72 Å². The van der Waals surface area contributed by atoms with Gasteiger partial charge in [0.2, 0.25) is 0 Å². The first-order valence-corrected chi connectivity index (χ1v) is 8.58. The average molecular weight is 336 g/mol. The minimum absolute atomic E-state index is 0.0227. The van der Waals surface area contributed by atoms with Crippen LogP contribution in [-0.4, -0.2) is 13.5 Å². The minimum Gasteiger partial charge on any atom is -0.506 e. The molecule has 6 heteroatoms. The van der Waals surface area contributed by atoms with E-state index in [0.717, 1.165) is 0 Å². The molecular weight excluding hydrogens is 322 g/mol. The number of nitrogens with one attached hydrogen (secondary N) is 1. The Morgan fingerprint density at radius 2 is 1.82 bits per heavy atom. The first-order valence-electron chi connectivity index (χ1n) is 6.72. The Morgan fingerprint density at radius 3 is 2.64 bits per heavy atom. The summed E-state index contributed by atoms with van der Waals surface area (Å²) in [4.78, 5) is 0.264. The van der Waals surface area contributed by atoms with Crippen LogP contribution in [0.15, 0.2) is 65.6 Å². The number of hydrogen-bond acceptors (Lipinski definition) is 3. The molecule has 0 radical (unpaired) electrons. The van der Waals surface area contributed by atoms with Gasteiger partial charge in [0.15, 0.2) is 0 Å². The maximum absolute atomic E-state index is 12.6. The number of fused-ring (bicyclic) bond motifs is 1. The van der Waals surface area contributed by atoms with E-state index in [1.165, 1.54) is 18.2 Å². The van der Waals surface area contributed by atoms with Crippen LogP contribution in [0, 0.1) is 11.8 Å². The van der Waals surface area contributed by atoms with Crippen LogP contribution in [0.2, 0.25) is 5.02 Å². The van der Waals surface area contributed by atoms with Crippen molar-refractivity contribution in [1.82, 2.24) is 0 Å². The van der Waals surface area contributed by atoms with Gasteiger partial charge in [-0.15, -0.1) is 0 Å². The highest BCUT2D eigenvalue weighted by Crippen LogP contribution is 2.36. The Labute approximate surface area is 134 Å². The van der Waals surface area contributed by atoms with E-state index in [9.17, 15) is 13.5 Å². The Hall–Kier alpha value is -1.98. The highest BCUT2D eigenvalue weighted by Gasteiger charge is 2.31. The molecule has 0 bridgehead atoms. The zero-order valence-corrected chi connectivity index (χ0v) is 13.1. The van der Waals surface area contributed by atoms with Crippen LogP contribution >= 0.6 is 11.6 Å². The molecule has 2 atom stereocenters. The second-order valence-corrected chi connectivity index (χ2v) is 7.21. The van der Waals surface area contributed by atoms with Gasteiger partial charge in [-0.25, -0.2) is 8.42 Å². The van der Waals surface area contributed by atoms with Crippen LogP contribution in [-0.2, 0) is 10.0 Å². The monoisotopic (exact) mass is 335 g/mol. The number of sulfonamides is 1. The predicted octanol–water partition coefficient (Wildman–Crippen LogP) is 3.60. The van der Waals surface area contributed by atoms with Gasteiger partial charge < -0.3 is 5.11 Å². The maximum Gasteiger partial charge on any atom is 0.258 e. The summed E-state index contributed by atoms with van der Waals surface area (Å²) in [7, 11) is -3.79.